The van der Waals surface area contributed by atoms with E-state index >= 15 is 4.39 Å². The summed E-state index contributed by atoms with van der Waals surface area (Å²) in [7, 11) is 0. The van der Waals surface area contributed by atoms with Gasteiger partial charge in [0.15, 0.2) is 0 Å². The summed E-state index contributed by atoms with van der Waals surface area (Å²) in [6.45, 7) is 4.90. The normalized spacial score (nSPS) is 32.6. The van der Waals surface area contributed by atoms with E-state index in [9.17, 15) is 39.5 Å². The fourth-order valence-electron chi connectivity index (χ4n) is 2.45. The van der Waals surface area contributed by atoms with E-state index in [1.165, 1.54) is 0 Å². The van der Waals surface area contributed by atoms with Crippen molar-refractivity contribution in [2.24, 2.45) is 10.8 Å². The Balaban J connectivity index is 4.02. The zero-order valence-electron chi connectivity index (χ0n) is 14.5. The molecule has 0 aliphatic carbocycles. The van der Waals surface area contributed by atoms with Crippen LogP contribution in [0.15, 0.2) is 12.7 Å². The number of hydrogen-bond donors (Lipinski definition) is 0. The van der Waals surface area contributed by atoms with Gasteiger partial charge in [0.25, 0.3) is 0 Å². The molecule has 0 aromatic carbocycles. The van der Waals surface area contributed by atoms with Gasteiger partial charge < -0.3 is 0 Å². The molecule has 0 radical (unpaired) electrons. The highest BCUT2D eigenvalue weighted by Crippen LogP contribution is 2.72. The molecule has 1 aliphatic heterocycles. The van der Waals surface area contributed by atoms with E-state index in [-0.39, 0.29) is 6.08 Å². The van der Waals surface area contributed by atoms with Crippen molar-refractivity contribution in [1.29, 1.82) is 0 Å². The lowest BCUT2D eigenvalue weighted by atomic mass is 9.67. The van der Waals surface area contributed by atoms with Gasteiger partial charge in [0, 0.05) is 10.8 Å². The second-order valence-corrected chi connectivity index (χ2v) is 7.77. The van der Waals surface area contributed by atoms with E-state index in [1.807, 2.05) is 0 Å². The SMILES string of the molecule is C=CC(C)(C)C(F)(F)C1(F)C(F)(F)C(F)(F)OC1(F)C(F)(F)C(C)(C)C. The van der Waals surface area contributed by atoms with Crippen LogP contribution in [0.5, 0.6) is 0 Å². The molecule has 0 aromatic heterocycles. The molecule has 1 nitrogen and oxygen atoms in total. The van der Waals surface area contributed by atoms with Crippen molar-refractivity contribution in [1.82, 2.24) is 0 Å². The van der Waals surface area contributed by atoms with Gasteiger partial charge in [0.05, 0.1) is 0 Å². The van der Waals surface area contributed by atoms with Crippen molar-refractivity contribution in [3.8, 4) is 0 Å². The summed E-state index contributed by atoms with van der Waals surface area (Å²) in [6, 6.07) is 0. The minimum absolute atomic E-state index is 0.163. The van der Waals surface area contributed by atoms with Gasteiger partial charge in [0.2, 0.25) is 0 Å². The van der Waals surface area contributed by atoms with E-state index in [0.29, 0.717) is 34.6 Å². The molecule has 0 saturated carbocycles. The molecule has 2 unspecified atom stereocenters. The zero-order chi connectivity index (χ0) is 21.4. The van der Waals surface area contributed by atoms with Crippen LogP contribution < -0.4 is 0 Å². The Bertz CT molecular complexity index is 592. The summed E-state index contributed by atoms with van der Waals surface area (Å²) in [6.07, 6.45) is -6.11. The van der Waals surface area contributed by atoms with Gasteiger partial charge >= 0.3 is 35.4 Å². The maximum atomic E-state index is 15.1. The average Bonchev–Trinajstić information content (AvgIpc) is 2.54. The molecule has 1 saturated heterocycles. The van der Waals surface area contributed by atoms with E-state index in [1.54, 1.807) is 0 Å². The third-order valence-corrected chi connectivity index (χ3v) is 4.61. The van der Waals surface area contributed by atoms with Gasteiger partial charge in [-0.25, -0.2) is 17.6 Å². The number of ether oxygens (including phenoxy) is 1. The standard InChI is InChI=1S/C15H18F10O/c1-7-9(5,6)12(19,20)10(16)13(21,22)15(24,25)26-14(10,23)11(17,18)8(2,3)4/h7H,1H2,2-6H3. The summed E-state index contributed by atoms with van der Waals surface area (Å²) in [5, 5.41) is 0. The molecule has 2 atom stereocenters. The molecule has 0 bridgehead atoms. The Labute approximate surface area is 143 Å². The first-order valence-electron chi connectivity index (χ1n) is 7.24. The first-order valence-corrected chi connectivity index (χ1v) is 7.24. The summed E-state index contributed by atoms with van der Waals surface area (Å²) >= 11 is 0. The lowest BCUT2D eigenvalue weighted by molar-refractivity contribution is -0.399. The number of alkyl halides is 10. The average molecular weight is 404 g/mol. The molecule has 26 heavy (non-hydrogen) atoms. The Morgan fingerprint density at radius 1 is 0.769 bits per heavy atom. The summed E-state index contributed by atoms with van der Waals surface area (Å²) < 4.78 is 146. The Kier molecular flexibility index (Phi) is 4.69. The van der Waals surface area contributed by atoms with Gasteiger partial charge in [-0.2, -0.15) is 26.3 Å². The Morgan fingerprint density at radius 3 is 1.46 bits per heavy atom. The predicted octanol–water partition coefficient (Wildman–Crippen LogP) is 6.15. The molecule has 1 heterocycles. The smallest absolute Gasteiger partial charge is 0.269 e. The van der Waals surface area contributed by atoms with Crippen LogP contribution in [0.2, 0.25) is 0 Å². The minimum atomic E-state index is -6.63. The molecule has 0 N–H and O–H groups in total. The number of hydrogen-bond acceptors (Lipinski definition) is 1. The van der Waals surface area contributed by atoms with Crippen molar-refractivity contribution in [2.75, 3.05) is 0 Å². The van der Waals surface area contributed by atoms with Crippen LogP contribution in [-0.2, 0) is 4.74 Å². The van der Waals surface area contributed by atoms with Crippen LogP contribution in [0.3, 0.4) is 0 Å². The second kappa shape index (κ2) is 5.29. The van der Waals surface area contributed by atoms with Crippen molar-refractivity contribution >= 4 is 0 Å². The molecule has 0 aromatic rings. The quantitative estimate of drug-likeness (QED) is 0.404. The fraction of sp³-hybridized carbons (Fsp3) is 0.867. The lowest BCUT2D eigenvalue weighted by Gasteiger charge is -2.48. The maximum absolute atomic E-state index is 15.1. The van der Waals surface area contributed by atoms with Crippen LogP contribution >= 0.6 is 0 Å². The fourth-order valence-corrected chi connectivity index (χ4v) is 2.45. The molecule has 1 aliphatic rings. The highest BCUT2D eigenvalue weighted by molar-refractivity contribution is 5.28. The van der Waals surface area contributed by atoms with Crippen LogP contribution in [0, 0.1) is 10.8 Å². The third-order valence-electron chi connectivity index (χ3n) is 4.61. The van der Waals surface area contributed by atoms with Crippen molar-refractivity contribution in [2.45, 2.75) is 70.0 Å². The third kappa shape index (κ3) is 2.21. The predicted molar refractivity (Wildman–Crippen MR) is 72.0 cm³/mol. The molecule has 1 rings (SSSR count). The highest BCUT2D eigenvalue weighted by Gasteiger charge is 3.00. The van der Waals surface area contributed by atoms with Crippen LogP contribution in [0.25, 0.3) is 0 Å². The van der Waals surface area contributed by atoms with Crippen LogP contribution in [0.4, 0.5) is 43.9 Å². The first kappa shape index (κ1) is 23.0. The first-order chi connectivity index (χ1) is 11.0. The maximum Gasteiger partial charge on any atom is 0.426 e. The minimum Gasteiger partial charge on any atom is -0.269 e. The zero-order valence-corrected chi connectivity index (χ0v) is 14.5. The monoisotopic (exact) mass is 404 g/mol. The lowest BCUT2D eigenvalue weighted by Crippen LogP contribution is -2.75. The number of halogens is 10. The van der Waals surface area contributed by atoms with E-state index < -0.39 is 46.2 Å². The molecule has 0 amide bonds. The van der Waals surface area contributed by atoms with Crippen LogP contribution in [0.1, 0.15) is 34.6 Å². The Hall–Kier alpha value is -1.00. The van der Waals surface area contributed by atoms with E-state index in [0.717, 1.165) is 0 Å². The Morgan fingerprint density at radius 2 is 1.15 bits per heavy atom. The largest absolute Gasteiger partial charge is 0.426 e. The molecule has 11 heteroatoms. The van der Waals surface area contributed by atoms with Gasteiger partial charge in [-0.1, -0.05) is 40.7 Å². The second-order valence-electron chi connectivity index (χ2n) is 7.77. The molecular formula is C15H18F10O. The number of rotatable bonds is 4. The van der Waals surface area contributed by atoms with Crippen molar-refractivity contribution < 1.29 is 48.6 Å². The van der Waals surface area contributed by atoms with Gasteiger partial charge in [-0.3, -0.25) is 4.74 Å². The molecule has 154 valence electrons. The van der Waals surface area contributed by atoms with E-state index in [2.05, 4.69) is 11.3 Å². The van der Waals surface area contributed by atoms with Gasteiger partial charge in [-0.15, -0.1) is 6.58 Å². The molecule has 1 fully saturated rings. The summed E-state index contributed by atoms with van der Waals surface area (Å²) in [5.74, 6) is -24.0. The summed E-state index contributed by atoms with van der Waals surface area (Å²) in [4.78, 5) is 0. The topological polar surface area (TPSA) is 9.23 Å². The van der Waals surface area contributed by atoms with E-state index in [4.69, 9.17) is 0 Å². The molecular weight excluding hydrogens is 386 g/mol. The van der Waals surface area contributed by atoms with Gasteiger partial charge in [-0.05, 0) is 0 Å². The van der Waals surface area contributed by atoms with Crippen LogP contribution in [-0.4, -0.2) is 35.4 Å². The summed E-state index contributed by atoms with van der Waals surface area (Å²) in [5.41, 5.74) is -12.4. The van der Waals surface area contributed by atoms with Crippen molar-refractivity contribution in [3.63, 3.8) is 0 Å². The molecule has 0 spiro atoms. The highest BCUT2D eigenvalue weighted by atomic mass is 19.3. The number of allylic oxidation sites excluding steroid dienone is 1. The van der Waals surface area contributed by atoms with Gasteiger partial charge in [0.1, 0.15) is 0 Å². The van der Waals surface area contributed by atoms with Crippen molar-refractivity contribution in [3.05, 3.63) is 12.7 Å².